The third kappa shape index (κ3) is 3.87. The Hall–Kier alpha value is -3.24. The normalized spacial score (nSPS) is 10.5. The van der Waals surface area contributed by atoms with E-state index in [0.717, 1.165) is 6.33 Å². The van der Waals surface area contributed by atoms with E-state index in [1.165, 1.54) is 0 Å². The Kier molecular flexibility index (Phi) is 5.71. The van der Waals surface area contributed by atoms with Crippen LogP contribution in [0.4, 0.5) is 17.4 Å². The van der Waals surface area contributed by atoms with Gasteiger partial charge < -0.3 is 14.6 Å². The molecule has 3 rings (SSSR count). The molecule has 0 atom stereocenters. The minimum absolute atomic E-state index is 0.0618. The summed E-state index contributed by atoms with van der Waals surface area (Å²) in [6, 6.07) is 6.50. The molecule has 0 spiro atoms. The van der Waals surface area contributed by atoms with Crippen molar-refractivity contribution in [2.24, 2.45) is 0 Å². The van der Waals surface area contributed by atoms with Crippen LogP contribution in [-0.4, -0.2) is 32.6 Å². The summed E-state index contributed by atoms with van der Waals surface area (Å²) in [5, 5.41) is 17.8. The summed E-state index contributed by atoms with van der Waals surface area (Å²) < 4.78 is 10.3. The lowest BCUT2D eigenvalue weighted by atomic mass is 10.1. The van der Waals surface area contributed by atoms with Crippen LogP contribution >= 0.6 is 23.2 Å². The van der Waals surface area contributed by atoms with E-state index in [2.05, 4.69) is 20.4 Å². The monoisotopic (exact) mass is 423 g/mol. The Bertz CT molecular complexity index is 1040. The Morgan fingerprint density at radius 3 is 2.64 bits per heavy atom. The van der Waals surface area contributed by atoms with Gasteiger partial charge in [-0.25, -0.2) is 14.8 Å². The number of carbonyl (C=O) groups excluding carboxylic acids is 1. The van der Waals surface area contributed by atoms with Crippen LogP contribution in [-0.2, 0) is 4.74 Å². The van der Waals surface area contributed by atoms with E-state index in [4.69, 9.17) is 32.5 Å². The van der Waals surface area contributed by atoms with Gasteiger partial charge in [-0.1, -0.05) is 40.5 Å². The van der Waals surface area contributed by atoms with Gasteiger partial charge >= 0.3 is 11.7 Å². The number of anilines is 2. The Morgan fingerprint density at radius 1 is 1.29 bits per heavy atom. The van der Waals surface area contributed by atoms with Gasteiger partial charge in [-0.3, -0.25) is 10.1 Å². The molecule has 0 amide bonds. The molecule has 0 fully saturated rings. The Balaban J connectivity index is 2.10. The van der Waals surface area contributed by atoms with E-state index in [0.29, 0.717) is 10.6 Å². The Labute approximate surface area is 167 Å². The maximum Gasteiger partial charge on any atom is 0.348 e. The van der Waals surface area contributed by atoms with Crippen molar-refractivity contribution < 1.29 is 19.0 Å². The van der Waals surface area contributed by atoms with Crippen LogP contribution in [0.3, 0.4) is 0 Å². The van der Waals surface area contributed by atoms with Crippen LogP contribution in [0.1, 0.15) is 17.3 Å². The van der Waals surface area contributed by atoms with Crippen molar-refractivity contribution in [1.29, 1.82) is 0 Å². The summed E-state index contributed by atoms with van der Waals surface area (Å²) in [4.78, 5) is 30.4. The van der Waals surface area contributed by atoms with Crippen LogP contribution in [0.2, 0.25) is 10.2 Å². The lowest BCUT2D eigenvalue weighted by Crippen LogP contribution is -2.09. The van der Waals surface area contributed by atoms with Crippen molar-refractivity contribution >= 4 is 46.6 Å². The van der Waals surface area contributed by atoms with Crippen molar-refractivity contribution in [2.75, 3.05) is 11.9 Å². The van der Waals surface area contributed by atoms with Gasteiger partial charge in [0, 0.05) is 10.6 Å². The topological polar surface area (TPSA) is 133 Å². The number of hydrogen-bond acceptors (Lipinski definition) is 9. The summed E-state index contributed by atoms with van der Waals surface area (Å²) in [6.45, 7) is 1.73. The van der Waals surface area contributed by atoms with Gasteiger partial charge in [0.25, 0.3) is 0 Å². The van der Waals surface area contributed by atoms with E-state index < -0.39 is 16.6 Å². The van der Waals surface area contributed by atoms with Gasteiger partial charge in [0.05, 0.1) is 11.5 Å². The largest absolute Gasteiger partial charge is 0.462 e. The highest BCUT2D eigenvalue weighted by Gasteiger charge is 2.29. The van der Waals surface area contributed by atoms with Gasteiger partial charge in [-0.05, 0) is 19.1 Å². The first-order valence-electron chi connectivity index (χ1n) is 7.77. The van der Waals surface area contributed by atoms with Gasteiger partial charge in [0.15, 0.2) is 5.56 Å². The van der Waals surface area contributed by atoms with E-state index in [1.807, 2.05) is 0 Å². The molecule has 1 aromatic carbocycles. The molecule has 0 aliphatic heterocycles. The highest BCUT2D eigenvalue weighted by Crippen LogP contribution is 2.35. The van der Waals surface area contributed by atoms with E-state index in [1.54, 1.807) is 31.2 Å². The number of halogens is 2. The summed E-state index contributed by atoms with van der Waals surface area (Å²) in [5.41, 5.74) is 0.0523. The van der Waals surface area contributed by atoms with Gasteiger partial charge in [-0.2, -0.15) is 0 Å². The first-order chi connectivity index (χ1) is 13.4. The molecule has 28 heavy (non-hydrogen) atoms. The predicted molar refractivity (Wildman–Crippen MR) is 99.9 cm³/mol. The molecule has 2 aromatic heterocycles. The highest BCUT2D eigenvalue weighted by molar-refractivity contribution is 6.32. The van der Waals surface area contributed by atoms with E-state index >= 15 is 0 Å². The fourth-order valence-electron chi connectivity index (χ4n) is 2.29. The van der Waals surface area contributed by atoms with Crippen LogP contribution in [0.25, 0.3) is 11.3 Å². The fourth-order valence-corrected chi connectivity index (χ4v) is 2.62. The summed E-state index contributed by atoms with van der Waals surface area (Å²) in [6.07, 6.45) is 1.03. The van der Waals surface area contributed by atoms with Gasteiger partial charge in [-0.15, -0.1) is 0 Å². The zero-order valence-electron chi connectivity index (χ0n) is 14.2. The first-order valence-corrected chi connectivity index (χ1v) is 8.52. The molecule has 0 bridgehead atoms. The standard InChI is InChI=1S/C16H11Cl2N5O5/c1-2-27-16(24)10-11(8-3-5-9(17)6-4-8)22-28-15(10)21-14-12(23(25)26)13(18)19-7-20-14/h3-7H,2H2,1H3,(H,19,20,21). The SMILES string of the molecule is CCOC(=O)c1c(-c2ccc(Cl)cc2)noc1Nc1ncnc(Cl)c1[N+](=O)[O-]. The molecular weight excluding hydrogens is 413 g/mol. The highest BCUT2D eigenvalue weighted by atomic mass is 35.5. The molecule has 0 radical (unpaired) electrons. The zero-order chi connectivity index (χ0) is 20.3. The molecule has 12 heteroatoms. The number of hydrogen-bond donors (Lipinski definition) is 1. The summed E-state index contributed by atoms with van der Waals surface area (Å²) in [5.74, 6) is -1.20. The molecule has 0 saturated heterocycles. The number of ether oxygens (including phenoxy) is 1. The van der Waals surface area contributed by atoms with Crippen LogP contribution in [0.5, 0.6) is 0 Å². The molecule has 0 aliphatic carbocycles. The average Bonchev–Trinajstić information content (AvgIpc) is 3.06. The lowest BCUT2D eigenvalue weighted by Gasteiger charge is -2.06. The number of nitrogens with zero attached hydrogens (tertiary/aromatic N) is 4. The van der Waals surface area contributed by atoms with Crippen molar-refractivity contribution in [3.63, 3.8) is 0 Å². The van der Waals surface area contributed by atoms with Crippen molar-refractivity contribution in [1.82, 2.24) is 15.1 Å². The molecule has 0 unspecified atom stereocenters. The number of nitro groups is 1. The van der Waals surface area contributed by atoms with Crippen LogP contribution < -0.4 is 5.32 Å². The second-order valence-electron chi connectivity index (χ2n) is 5.21. The number of rotatable bonds is 6. The van der Waals surface area contributed by atoms with Crippen molar-refractivity contribution in [3.05, 3.63) is 56.4 Å². The molecule has 3 aromatic rings. The third-order valence-electron chi connectivity index (χ3n) is 3.48. The van der Waals surface area contributed by atoms with Crippen molar-refractivity contribution in [2.45, 2.75) is 6.92 Å². The molecular formula is C16H11Cl2N5O5. The molecule has 0 aliphatic rings. The minimum Gasteiger partial charge on any atom is -0.462 e. The summed E-state index contributed by atoms with van der Waals surface area (Å²) in [7, 11) is 0. The van der Waals surface area contributed by atoms with Crippen LogP contribution in [0, 0.1) is 10.1 Å². The fraction of sp³-hybridized carbons (Fsp3) is 0.125. The smallest absolute Gasteiger partial charge is 0.348 e. The maximum absolute atomic E-state index is 12.5. The minimum atomic E-state index is -0.759. The quantitative estimate of drug-likeness (QED) is 0.266. The third-order valence-corrected chi connectivity index (χ3v) is 4.01. The molecule has 1 N–H and O–H groups in total. The molecule has 144 valence electrons. The molecule has 0 saturated carbocycles. The molecule has 2 heterocycles. The summed E-state index contributed by atoms with van der Waals surface area (Å²) >= 11 is 11.7. The average molecular weight is 424 g/mol. The lowest BCUT2D eigenvalue weighted by molar-refractivity contribution is -0.384. The number of esters is 1. The van der Waals surface area contributed by atoms with Crippen LogP contribution in [0.15, 0.2) is 35.1 Å². The molecule has 10 nitrogen and oxygen atoms in total. The second kappa shape index (κ2) is 8.19. The number of nitrogens with one attached hydrogen (secondary N) is 1. The van der Waals surface area contributed by atoms with Gasteiger partial charge in [0.1, 0.15) is 12.0 Å². The number of aromatic nitrogens is 3. The second-order valence-corrected chi connectivity index (χ2v) is 6.00. The maximum atomic E-state index is 12.5. The number of benzene rings is 1. The first kappa shape index (κ1) is 19.5. The van der Waals surface area contributed by atoms with Gasteiger partial charge in [0.2, 0.25) is 16.9 Å². The Morgan fingerprint density at radius 2 is 2.00 bits per heavy atom. The van der Waals surface area contributed by atoms with Crippen molar-refractivity contribution in [3.8, 4) is 11.3 Å². The zero-order valence-corrected chi connectivity index (χ0v) is 15.7. The number of carbonyl (C=O) groups is 1. The van der Waals surface area contributed by atoms with E-state index in [-0.39, 0.29) is 34.7 Å². The predicted octanol–water partition coefficient (Wildman–Crippen LogP) is 4.27. The van der Waals surface area contributed by atoms with E-state index in [9.17, 15) is 14.9 Å².